The minimum Gasteiger partial charge on any atom is -0.362 e. The average molecular weight is 394 g/mol. The maximum Gasteiger partial charge on any atom is 0.227 e. The highest BCUT2D eigenvalue weighted by atomic mass is 16.2. The first-order valence-electron chi connectivity index (χ1n) is 10.6. The van der Waals surface area contributed by atoms with E-state index in [1.165, 1.54) is 18.4 Å². The molecule has 0 saturated heterocycles. The molecule has 0 spiro atoms. The summed E-state index contributed by atoms with van der Waals surface area (Å²) in [6, 6.07) is 10.4. The minimum atomic E-state index is 0.219. The van der Waals surface area contributed by atoms with E-state index in [0.29, 0.717) is 12.5 Å². The highest BCUT2D eigenvalue weighted by molar-refractivity contribution is 5.79. The molecule has 2 heterocycles. The van der Waals surface area contributed by atoms with Gasteiger partial charge in [-0.2, -0.15) is 4.98 Å². The molecule has 1 aromatic carbocycles. The van der Waals surface area contributed by atoms with Gasteiger partial charge in [0.05, 0.1) is 12.2 Å². The normalized spacial score (nSPS) is 16.6. The summed E-state index contributed by atoms with van der Waals surface area (Å²) in [4.78, 5) is 28.9. The Kier molecular flexibility index (Phi) is 5.69. The topological polar surface area (TPSA) is 52.6 Å². The summed E-state index contributed by atoms with van der Waals surface area (Å²) in [6.45, 7) is 2.15. The summed E-state index contributed by atoms with van der Waals surface area (Å²) in [5, 5.41) is 0. The van der Waals surface area contributed by atoms with Gasteiger partial charge in [0, 0.05) is 52.1 Å². The standard InChI is InChI=1S/C23H31N5O/c1-26(2)21-19-16-28(22(29)18-11-7-8-12-18)14-13-20(19)24-23(25-21)27(3)15-17-9-5-4-6-10-17/h4-6,9-10,18H,7-8,11-16H2,1-3H3. The van der Waals surface area contributed by atoms with Crippen LogP contribution in [0, 0.1) is 5.92 Å². The number of rotatable bonds is 5. The molecule has 154 valence electrons. The Balaban J connectivity index is 1.57. The molecule has 0 atom stereocenters. The third-order valence-electron chi connectivity index (χ3n) is 6.07. The molecule has 4 rings (SSSR count). The molecular formula is C23H31N5O. The van der Waals surface area contributed by atoms with Gasteiger partial charge in [0.25, 0.3) is 0 Å². The molecule has 2 aliphatic rings. The monoisotopic (exact) mass is 393 g/mol. The smallest absolute Gasteiger partial charge is 0.227 e. The summed E-state index contributed by atoms with van der Waals surface area (Å²) in [6.07, 6.45) is 5.25. The molecule has 1 aliphatic heterocycles. The van der Waals surface area contributed by atoms with Crippen molar-refractivity contribution in [2.75, 3.05) is 37.5 Å². The first-order valence-corrected chi connectivity index (χ1v) is 10.6. The highest BCUT2D eigenvalue weighted by Gasteiger charge is 2.31. The number of hydrogen-bond donors (Lipinski definition) is 0. The van der Waals surface area contributed by atoms with E-state index in [0.717, 1.165) is 55.4 Å². The van der Waals surface area contributed by atoms with Crippen LogP contribution in [-0.4, -0.2) is 48.5 Å². The maximum absolute atomic E-state index is 12.9. The van der Waals surface area contributed by atoms with Gasteiger partial charge in [0.15, 0.2) is 0 Å². The zero-order valence-corrected chi connectivity index (χ0v) is 17.8. The molecule has 1 fully saturated rings. The van der Waals surface area contributed by atoms with Crippen molar-refractivity contribution in [3.8, 4) is 0 Å². The number of carbonyl (C=O) groups excluding carboxylic acids is 1. The van der Waals surface area contributed by atoms with Crippen LogP contribution in [-0.2, 0) is 24.3 Å². The van der Waals surface area contributed by atoms with E-state index in [1.54, 1.807) is 0 Å². The van der Waals surface area contributed by atoms with Crippen LogP contribution in [0.1, 0.15) is 42.5 Å². The fraction of sp³-hybridized carbons (Fsp3) is 0.522. The third kappa shape index (κ3) is 4.21. The maximum atomic E-state index is 12.9. The lowest BCUT2D eigenvalue weighted by Gasteiger charge is -2.33. The van der Waals surface area contributed by atoms with Crippen LogP contribution in [0.4, 0.5) is 11.8 Å². The van der Waals surface area contributed by atoms with Crippen molar-refractivity contribution in [3.63, 3.8) is 0 Å². The van der Waals surface area contributed by atoms with Gasteiger partial charge < -0.3 is 14.7 Å². The summed E-state index contributed by atoms with van der Waals surface area (Å²) in [7, 11) is 6.07. The van der Waals surface area contributed by atoms with Gasteiger partial charge in [0.1, 0.15) is 5.82 Å². The Bertz CT molecular complexity index is 861. The quantitative estimate of drug-likeness (QED) is 0.780. The second-order valence-electron chi connectivity index (χ2n) is 8.50. The van der Waals surface area contributed by atoms with Gasteiger partial charge in [-0.1, -0.05) is 43.2 Å². The predicted octanol–water partition coefficient (Wildman–Crippen LogP) is 3.25. The Morgan fingerprint density at radius 1 is 1.10 bits per heavy atom. The van der Waals surface area contributed by atoms with Crippen molar-refractivity contribution in [3.05, 3.63) is 47.2 Å². The Morgan fingerprint density at radius 3 is 2.52 bits per heavy atom. The lowest BCUT2D eigenvalue weighted by molar-refractivity contribution is -0.136. The summed E-state index contributed by atoms with van der Waals surface area (Å²) >= 11 is 0. The number of carbonyl (C=O) groups is 1. The fourth-order valence-corrected chi connectivity index (χ4v) is 4.47. The molecular weight excluding hydrogens is 362 g/mol. The van der Waals surface area contributed by atoms with Gasteiger partial charge in [-0.25, -0.2) is 4.98 Å². The number of nitrogens with zero attached hydrogens (tertiary/aromatic N) is 5. The van der Waals surface area contributed by atoms with E-state index in [9.17, 15) is 4.79 Å². The van der Waals surface area contributed by atoms with Crippen LogP contribution in [0.3, 0.4) is 0 Å². The molecule has 1 saturated carbocycles. The van der Waals surface area contributed by atoms with Crippen molar-refractivity contribution in [1.82, 2.24) is 14.9 Å². The van der Waals surface area contributed by atoms with Crippen LogP contribution in [0.25, 0.3) is 0 Å². The largest absolute Gasteiger partial charge is 0.362 e. The molecule has 29 heavy (non-hydrogen) atoms. The Morgan fingerprint density at radius 2 is 1.83 bits per heavy atom. The zero-order valence-electron chi connectivity index (χ0n) is 17.8. The molecule has 0 bridgehead atoms. The average Bonchev–Trinajstić information content (AvgIpc) is 3.27. The number of fused-ring (bicyclic) bond motifs is 1. The number of benzene rings is 1. The zero-order chi connectivity index (χ0) is 20.4. The van der Waals surface area contributed by atoms with E-state index >= 15 is 0 Å². The number of amides is 1. The predicted molar refractivity (Wildman–Crippen MR) is 116 cm³/mol. The van der Waals surface area contributed by atoms with Gasteiger partial charge in [-0.15, -0.1) is 0 Å². The van der Waals surface area contributed by atoms with E-state index in [2.05, 4.69) is 29.2 Å². The minimum absolute atomic E-state index is 0.219. The van der Waals surface area contributed by atoms with Crippen LogP contribution >= 0.6 is 0 Å². The van der Waals surface area contributed by atoms with Gasteiger partial charge in [0.2, 0.25) is 11.9 Å². The summed E-state index contributed by atoms with van der Waals surface area (Å²) in [5.74, 6) is 2.21. The van der Waals surface area contributed by atoms with Crippen molar-refractivity contribution in [2.45, 2.75) is 45.2 Å². The van der Waals surface area contributed by atoms with E-state index in [4.69, 9.17) is 9.97 Å². The molecule has 0 unspecified atom stereocenters. The molecule has 2 aromatic rings. The van der Waals surface area contributed by atoms with Crippen LogP contribution in [0.5, 0.6) is 0 Å². The second-order valence-corrected chi connectivity index (χ2v) is 8.50. The lowest BCUT2D eigenvalue weighted by atomic mass is 10.0. The van der Waals surface area contributed by atoms with E-state index < -0.39 is 0 Å². The molecule has 1 amide bonds. The first-order chi connectivity index (χ1) is 14.0. The SMILES string of the molecule is CN(C)c1nc(N(C)Cc2ccccc2)nc2c1CN(C(=O)C1CCCC1)CC2. The lowest BCUT2D eigenvalue weighted by Crippen LogP contribution is -2.40. The van der Waals surface area contributed by atoms with Gasteiger partial charge >= 0.3 is 0 Å². The molecule has 0 N–H and O–H groups in total. The first kappa shape index (κ1) is 19.7. The molecule has 6 heteroatoms. The summed E-state index contributed by atoms with van der Waals surface area (Å²) < 4.78 is 0. The second kappa shape index (κ2) is 8.39. The van der Waals surface area contributed by atoms with E-state index in [-0.39, 0.29) is 5.92 Å². The van der Waals surface area contributed by atoms with E-state index in [1.807, 2.05) is 37.0 Å². The van der Waals surface area contributed by atoms with Crippen molar-refractivity contribution >= 4 is 17.7 Å². The third-order valence-corrected chi connectivity index (χ3v) is 6.07. The Hall–Kier alpha value is -2.63. The van der Waals surface area contributed by atoms with Crippen molar-refractivity contribution in [2.24, 2.45) is 5.92 Å². The number of anilines is 2. The van der Waals surface area contributed by atoms with Crippen molar-refractivity contribution < 1.29 is 4.79 Å². The van der Waals surface area contributed by atoms with Gasteiger partial charge in [-0.3, -0.25) is 4.79 Å². The van der Waals surface area contributed by atoms with Crippen LogP contribution in [0.15, 0.2) is 30.3 Å². The van der Waals surface area contributed by atoms with Crippen LogP contribution in [0.2, 0.25) is 0 Å². The fourth-order valence-electron chi connectivity index (χ4n) is 4.47. The molecule has 1 aromatic heterocycles. The highest BCUT2D eigenvalue weighted by Crippen LogP contribution is 2.32. The van der Waals surface area contributed by atoms with Crippen LogP contribution < -0.4 is 9.80 Å². The number of hydrogen-bond acceptors (Lipinski definition) is 5. The summed E-state index contributed by atoms with van der Waals surface area (Å²) in [5.41, 5.74) is 3.41. The molecule has 6 nitrogen and oxygen atoms in total. The molecule has 0 radical (unpaired) electrons. The van der Waals surface area contributed by atoms with Gasteiger partial charge in [-0.05, 0) is 18.4 Å². The Labute approximate surface area is 173 Å². The van der Waals surface area contributed by atoms with Crippen molar-refractivity contribution in [1.29, 1.82) is 0 Å². The number of aromatic nitrogens is 2. The molecule has 1 aliphatic carbocycles.